The Labute approximate surface area is 152 Å². The molecule has 5 heteroatoms. The van der Waals surface area contributed by atoms with E-state index in [1.165, 1.54) is 0 Å². The molecule has 0 unspecified atom stereocenters. The lowest BCUT2D eigenvalue weighted by Gasteiger charge is -2.53. The van der Waals surface area contributed by atoms with Crippen molar-refractivity contribution < 1.29 is 8.42 Å². The van der Waals surface area contributed by atoms with Crippen LogP contribution in [0.25, 0.3) is 0 Å². The van der Waals surface area contributed by atoms with Gasteiger partial charge in [-0.25, -0.2) is 8.42 Å². The molecule has 1 heterocycles. The first kappa shape index (κ1) is 17.6. The van der Waals surface area contributed by atoms with Crippen molar-refractivity contribution in [2.75, 3.05) is 0 Å². The Morgan fingerprint density at radius 3 is 2.12 bits per heavy atom. The van der Waals surface area contributed by atoms with E-state index < -0.39 is 10.0 Å². The molecule has 1 saturated heterocycles. The summed E-state index contributed by atoms with van der Waals surface area (Å²) in [6.45, 7) is 6.09. The molecule has 1 fully saturated rings. The summed E-state index contributed by atoms with van der Waals surface area (Å²) in [6, 6.07) is 16.7. The smallest absolute Gasteiger partial charge is 0.207 e. The van der Waals surface area contributed by atoms with E-state index in [2.05, 4.69) is 29.8 Å². The molecule has 2 aromatic rings. The molecule has 3 atom stereocenters. The molecule has 1 aliphatic heterocycles. The topological polar surface area (TPSA) is 37.4 Å². The third-order valence-corrected chi connectivity index (χ3v) is 7.55. The van der Waals surface area contributed by atoms with Gasteiger partial charge in [-0.05, 0) is 30.5 Å². The summed E-state index contributed by atoms with van der Waals surface area (Å²) in [7, 11) is -3.54. The molecular weight excluding hydrogens is 386 g/mol. The summed E-state index contributed by atoms with van der Waals surface area (Å²) < 4.78 is 28.2. The van der Waals surface area contributed by atoms with E-state index in [0.29, 0.717) is 4.90 Å². The molecular formula is C19H22BrNO2S. The van der Waals surface area contributed by atoms with Crippen LogP contribution in [0.3, 0.4) is 0 Å². The quantitative estimate of drug-likeness (QED) is 0.698. The zero-order valence-electron chi connectivity index (χ0n) is 14.1. The minimum absolute atomic E-state index is 0.0542. The summed E-state index contributed by atoms with van der Waals surface area (Å²) in [6.07, 6.45) is 0. The summed E-state index contributed by atoms with van der Waals surface area (Å²) in [5, 5.41) is 0. The molecule has 0 N–H and O–H groups in total. The van der Waals surface area contributed by atoms with Crippen LogP contribution in [0.4, 0.5) is 0 Å². The Morgan fingerprint density at radius 1 is 1.00 bits per heavy atom. The van der Waals surface area contributed by atoms with Crippen molar-refractivity contribution in [3.8, 4) is 0 Å². The van der Waals surface area contributed by atoms with Gasteiger partial charge in [-0.15, -0.1) is 0 Å². The molecule has 0 saturated carbocycles. The number of nitrogens with zero attached hydrogens (tertiary/aromatic N) is 1. The zero-order chi connectivity index (χ0) is 17.5. The highest BCUT2D eigenvalue weighted by Gasteiger charge is 2.54. The van der Waals surface area contributed by atoms with Gasteiger partial charge in [-0.3, -0.25) is 0 Å². The summed E-state index contributed by atoms with van der Waals surface area (Å²) in [5.41, 5.74) is 2.07. The van der Waals surface area contributed by atoms with Crippen LogP contribution in [0.1, 0.15) is 31.0 Å². The summed E-state index contributed by atoms with van der Waals surface area (Å²) in [4.78, 5) is 0.471. The average molecular weight is 408 g/mol. The first-order valence-corrected chi connectivity index (χ1v) is 10.5. The van der Waals surface area contributed by atoms with Crippen molar-refractivity contribution in [1.82, 2.24) is 4.31 Å². The molecule has 1 aliphatic rings. The zero-order valence-corrected chi connectivity index (χ0v) is 16.5. The average Bonchev–Trinajstić information content (AvgIpc) is 2.53. The molecule has 0 bridgehead atoms. The van der Waals surface area contributed by atoms with Crippen LogP contribution in [0.5, 0.6) is 0 Å². The second kappa shape index (κ2) is 6.62. The largest absolute Gasteiger partial charge is 0.243 e. The maximum Gasteiger partial charge on any atom is 0.243 e. The number of hydrogen-bond acceptors (Lipinski definition) is 2. The van der Waals surface area contributed by atoms with E-state index in [1.54, 1.807) is 16.4 Å². The minimum atomic E-state index is -3.54. The van der Waals surface area contributed by atoms with E-state index in [1.807, 2.05) is 49.4 Å². The fourth-order valence-electron chi connectivity index (χ4n) is 3.34. The van der Waals surface area contributed by atoms with E-state index >= 15 is 0 Å². The maximum atomic E-state index is 13.3. The number of sulfonamides is 1. The van der Waals surface area contributed by atoms with Crippen LogP contribution < -0.4 is 0 Å². The van der Waals surface area contributed by atoms with Gasteiger partial charge in [0.15, 0.2) is 0 Å². The summed E-state index contributed by atoms with van der Waals surface area (Å²) in [5.74, 6) is 0.231. The second-order valence-corrected chi connectivity index (χ2v) is 9.58. The van der Waals surface area contributed by atoms with E-state index in [0.717, 1.165) is 11.1 Å². The van der Waals surface area contributed by atoms with Crippen LogP contribution in [0.15, 0.2) is 59.5 Å². The molecule has 0 amide bonds. The number of benzene rings is 2. The number of alkyl halides is 1. The molecule has 0 aromatic heterocycles. The first-order valence-electron chi connectivity index (χ1n) is 8.13. The SMILES string of the molecule is Cc1ccc(S(=O)(=O)N2[C@H](C(C)C)[C@H](Br)[C@@H]2c2ccccc2)cc1. The third-order valence-electron chi connectivity index (χ3n) is 4.62. The molecule has 24 heavy (non-hydrogen) atoms. The molecule has 0 aliphatic carbocycles. The third kappa shape index (κ3) is 2.93. The number of halogens is 1. The minimum Gasteiger partial charge on any atom is -0.207 e. The van der Waals surface area contributed by atoms with E-state index in [4.69, 9.17) is 0 Å². The fraction of sp³-hybridized carbons (Fsp3) is 0.368. The van der Waals surface area contributed by atoms with Gasteiger partial charge in [0.2, 0.25) is 10.0 Å². The second-order valence-electron chi connectivity index (χ2n) is 6.68. The molecule has 3 nitrogen and oxygen atoms in total. The van der Waals surface area contributed by atoms with Gasteiger partial charge < -0.3 is 0 Å². The van der Waals surface area contributed by atoms with Crippen molar-refractivity contribution >= 4 is 26.0 Å². The van der Waals surface area contributed by atoms with Gasteiger partial charge in [0.25, 0.3) is 0 Å². The van der Waals surface area contributed by atoms with E-state index in [-0.39, 0.29) is 22.8 Å². The Morgan fingerprint density at radius 2 is 1.58 bits per heavy atom. The van der Waals surface area contributed by atoms with Gasteiger partial charge in [0, 0.05) is 6.04 Å². The highest BCUT2D eigenvalue weighted by molar-refractivity contribution is 9.09. The predicted octanol–water partition coefficient (Wildman–Crippen LogP) is 4.53. The molecule has 0 radical (unpaired) electrons. The van der Waals surface area contributed by atoms with Gasteiger partial charge in [-0.2, -0.15) is 4.31 Å². The first-order chi connectivity index (χ1) is 11.3. The lowest BCUT2D eigenvalue weighted by atomic mass is 9.84. The van der Waals surface area contributed by atoms with Crippen molar-refractivity contribution in [2.24, 2.45) is 5.92 Å². The number of hydrogen-bond donors (Lipinski definition) is 0. The normalized spacial score (nSPS) is 24.8. The fourth-order valence-corrected chi connectivity index (χ4v) is 7.04. The molecule has 128 valence electrons. The highest BCUT2D eigenvalue weighted by atomic mass is 79.9. The van der Waals surface area contributed by atoms with Crippen molar-refractivity contribution in [3.05, 3.63) is 65.7 Å². The van der Waals surface area contributed by atoms with Crippen molar-refractivity contribution in [2.45, 2.75) is 42.6 Å². The maximum absolute atomic E-state index is 13.3. The summed E-state index contributed by atoms with van der Waals surface area (Å²) >= 11 is 3.74. The lowest BCUT2D eigenvalue weighted by molar-refractivity contribution is 0.0888. The molecule has 0 spiro atoms. The van der Waals surface area contributed by atoms with Gasteiger partial charge in [0.05, 0.1) is 15.8 Å². The Bertz CT molecular complexity index is 803. The van der Waals surface area contributed by atoms with Crippen LogP contribution in [-0.4, -0.2) is 23.6 Å². The van der Waals surface area contributed by atoms with Gasteiger partial charge in [-0.1, -0.05) is 77.8 Å². The van der Waals surface area contributed by atoms with Crippen LogP contribution in [0.2, 0.25) is 0 Å². The Balaban J connectivity index is 2.05. The van der Waals surface area contributed by atoms with Crippen molar-refractivity contribution in [3.63, 3.8) is 0 Å². The van der Waals surface area contributed by atoms with Crippen molar-refractivity contribution in [1.29, 1.82) is 0 Å². The van der Waals surface area contributed by atoms with Crippen LogP contribution in [-0.2, 0) is 10.0 Å². The van der Waals surface area contributed by atoms with Crippen LogP contribution >= 0.6 is 15.9 Å². The molecule has 3 rings (SSSR count). The monoisotopic (exact) mass is 407 g/mol. The standard InChI is InChI=1S/C19H22BrNO2S/c1-13(2)18-17(20)19(15-7-5-4-6-8-15)21(18)24(22,23)16-11-9-14(3)10-12-16/h4-13,17-19H,1-3H3/t17-,18+,19-/m0/s1. The van der Waals surface area contributed by atoms with E-state index in [9.17, 15) is 8.42 Å². The Kier molecular flexibility index (Phi) is 4.87. The number of aryl methyl sites for hydroxylation is 1. The Hall–Kier alpha value is -1.17. The van der Waals surface area contributed by atoms with Gasteiger partial charge in [0.1, 0.15) is 0 Å². The lowest BCUT2D eigenvalue weighted by Crippen LogP contribution is -2.63. The highest BCUT2D eigenvalue weighted by Crippen LogP contribution is 2.49. The number of rotatable bonds is 4. The molecule has 2 aromatic carbocycles. The predicted molar refractivity (Wildman–Crippen MR) is 101 cm³/mol. The van der Waals surface area contributed by atoms with Gasteiger partial charge >= 0.3 is 0 Å². The van der Waals surface area contributed by atoms with Crippen LogP contribution in [0, 0.1) is 12.8 Å².